The fourth-order valence-electron chi connectivity index (χ4n) is 2.18. The second kappa shape index (κ2) is 6.32. The zero-order chi connectivity index (χ0) is 14.5. The maximum Gasteiger partial charge on any atom is 0.227 e. The number of carbonyl (C=O) groups is 1. The number of amides is 1. The minimum absolute atomic E-state index is 0.0634. The van der Waals surface area contributed by atoms with Crippen molar-refractivity contribution in [3.63, 3.8) is 0 Å². The summed E-state index contributed by atoms with van der Waals surface area (Å²) in [4.78, 5) is 12.1. The number of aryl methyl sites for hydroxylation is 1. The molecule has 0 aliphatic carbocycles. The van der Waals surface area contributed by atoms with Crippen molar-refractivity contribution >= 4 is 11.6 Å². The van der Waals surface area contributed by atoms with Crippen molar-refractivity contribution in [2.75, 3.05) is 5.32 Å². The maximum atomic E-state index is 12.1. The van der Waals surface area contributed by atoms with Crippen molar-refractivity contribution in [1.29, 1.82) is 0 Å². The molecule has 1 heterocycles. The zero-order valence-corrected chi connectivity index (χ0v) is 12.1. The van der Waals surface area contributed by atoms with E-state index in [0.717, 1.165) is 29.9 Å². The van der Waals surface area contributed by atoms with Crippen LogP contribution in [0.2, 0.25) is 0 Å². The second-order valence-electron chi connectivity index (χ2n) is 4.85. The molecule has 20 heavy (non-hydrogen) atoms. The highest BCUT2D eigenvalue weighted by atomic mass is 16.1. The van der Waals surface area contributed by atoms with Crippen LogP contribution >= 0.6 is 0 Å². The van der Waals surface area contributed by atoms with Crippen molar-refractivity contribution in [2.45, 2.75) is 26.7 Å². The van der Waals surface area contributed by atoms with Gasteiger partial charge in [-0.15, -0.1) is 10.2 Å². The number of anilines is 1. The summed E-state index contributed by atoms with van der Waals surface area (Å²) in [6.45, 7) is 4.06. The number of nitrogens with zero attached hydrogens (tertiary/aromatic N) is 3. The molecular formula is C15H20N4O. The summed E-state index contributed by atoms with van der Waals surface area (Å²) in [5.74, 6) is 0.919. The van der Waals surface area contributed by atoms with Gasteiger partial charge in [0.2, 0.25) is 5.91 Å². The zero-order valence-electron chi connectivity index (χ0n) is 12.1. The maximum absolute atomic E-state index is 12.1. The Balaban J connectivity index is 2.19. The number of hydrogen-bond donors (Lipinski definition) is 1. The second-order valence-corrected chi connectivity index (χ2v) is 4.85. The molecule has 0 saturated heterocycles. The summed E-state index contributed by atoms with van der Waals surface area (Å²) in [6, 6.07) is 7.67. The van der Waals surface area contributed by atoms with Crippen molar-refractivity contribution in [2.24, 2.45) is 13.0 Å². The Bertz CT molecular complexity index is 587. The average Bonchev–Trinajstić information content (AvgIpc) is 2.86. The number of rotatable bonds is 5. The van der Waals surface area contributed by atoms with Crippen molar-refractivity contribution in [3.05, 3.63) is 30.6 Å². The molecule has 1 aromatic carbocycles. The van der Waals surface area contributed by atoms with Gasteiger partial charge in [-0.3, -0.25) is 4.79 Å². The minimum Gasteiger partial charge on any atom is -0.326 e. The molecule has 0 bridgehead atoms. The first-order chi connectivity index (χ1) is 9.65. The molecule has 106 valence electrons. The lowest BCUT2D eigenvalue weighted by atomic mass is 10.0. The molecule has 5 heteroatoms. The molecule has 0 aliphatic rings. The molecule has 0 spiro atoms. The molecule has 1 N–H and O–H groups in total. The van der Waals surface area contributed by atoms with E-state index in [9.17, 15) is 4.79 Å². The summed E-state index contributed by atoms with van der Waals surface area (Å²) in [5, 5.41) is 10.9. The summed E-state index contributed by atoms with van der Waals surface area (Å²) in [5.41, 5.74) is 1.73. The van der Waals surface area contributed by atoms with Crippen molar-refractivity contribution in [3.8, 4) is 11.4 Å². The summed E-state index contributed by atoms with van der Waals surface area (Å²) in [7, 11) is 1.89. The lowest BCUT2D eigenvalue weighted by molar-refractivity contribution is -0.120. The van der Waals surface area contributed by atoms with E-state index in [4.69, 9.17) is 0 Å². The van der Waals surface area contributed by atoms with Crippen LogP contribution in [0.25, 0.3) is 11.4 Å². The number of nitrogens with one attached hydrogen (secondary N) is 1. The topological polar surface area (TPSA) is 59.8 Å². The van der Waals surface area contributed by atoms with Gasteiger partial charge in [-0.2, -0.15) is 0 Å². The van der Waals surface area contributed by atoms with E-state index >= 15 is 0 Å². The summed E-state index contributed by atoms with van der Waals surface area (Å²) >= 11 is 0. The molecule has 2 aromatic rings. The Morgan fingerprint density at radius 2 is 2.10 bits per heavy atom. The lowest BCUT2D eigenvalue weighted by Crippen LogP contribution is -2.21. The minimum atomic E-state index is 0.0634. The van der Waals surface area contributed by atoms with Crippen LogP contribution in [0.3, 0.4) is 0 Å². The SMILES string of the molecule is CCC(CC)C(=O)Nc1cccc(-c2nncn2C)c1. The first-order valence-corrected chi connectivity index (χ1v) is 6.91. The number of benzene rings is 1. The van der Waals surface area contributed by atoms with E-state index in [1.165, 1.54) is 0 Å². The third-order valence-electron chi connectivity index (χ3n) is 3.46. The van der Waals surface area contributed by atoms with Gasteiger partial charge in [0.15, 0.2) is 5.82 Å². The van der Waals surface area contributed by atoms with Crippen LogP contribution in [-0.2, 0) is 11.8 Å². The van der Waals surface area contributed by atoms with Crippen molar-refractivity contribution in [1.82, 2.24) is 14.8 Å². The van der Waals surface area contributed by atoms with Crippen LogP contribution in [0.4, 0.5) is 5.69 Å². The third kappa shape index (κ3) is 3.04. The van der Waals surface area contributed by atoms with Crippen LogP contribution in [0, 0.1) is 5.92 Å². The Morgan fingerprint density at radius 3 is 2.70 bits per heavy atom. The van der Waals surface area contributed by atoms with E-state index in [0.29, 0.717) is 0 Å². The van der Waals surface area contributed by atoms with Crippen molar-refractivity contribution < 1.29 is 4.79 Å². The number of carbonyl (C=O) groups excluding carboxylic acids is 1. The molecule has 2 rings (SSSR count). The molecule has 5 nitrogen and oxygen atoms in total. The average molecular weight is 272 g/mol. The first-order valence-electron chi connectivity index (χ1n) is 6.91. The van der Waals surface area contributed by atoms with Crippen LogP contribution in [-0.4, -0.2) is 20.7 Å². The predicted octanol–water partition coefficient (Wildman–Crippen LogP) is 2.86. The van der Waals surface area contributed by atoms with Gasteiger partial charge < -0.3 is 9.88 Å². The molecule has 0 aliphatic heterocycles. The molecule has 0 unspecified atom stereocenters. The highest BCUT2D eigenvalue weighted by molar-refractivity contribution is 5.93. The molecule has 0 saturated carbocycles. The van der Waals surface area contributed by atoms with E-state index in [2.05, 4.69) is 15.5 Å². The van der Waals surface area contributed by atoms with Gasteiger partial charge in [0.1, 0.15) is 6.33 Å². The summed E-state index contributed by atoms with van der Waals surface area (Å²) in [6.07, 6.45) is 3.36. The van der Waals surface area contributed by atoms with Gasteiger partial charge in [-0.05, 0) is 25.0 Å². The quantitative estimate of drug-likeness (QED) is 0.910. The highest BCUT2D eigenvalue weighted by Crippen LogP contribution is 2.21. The Labute approximate surface area is 119 Å². The standard InChI is InChI=1S/C15H20N4O/c1-4-11(5-2)15(20)17-13-8-6-7-12(9-13)14-18-16-10-19(14)3/h6-11H,4-5H2,1-3H3,(H,17,20). The van der Waals surface area contributed by atoms with Gasteiger partial charge in [0.05, 0.1) is 0 Å². The number of hydrogen-bond acceptors (Lipinski definition) is 3. The predicted molar refractivity (Wildman–Crippen MR) is 79.1 cm³/mol. The lowest BCUT2D eigenvalue weighted by Gasteiger charge is -2.13. The molecule has 1 aromatic heterocycles. The van der Waals surface area contributed by atoms with Crippen LogP contribution in [0.1, 0.15) is 26.7 Å². The van der Waals surface area contributed by atoms with E-state index in [1.54, 1.807) is 6.33 Å². The molecule has 0 atom stereocenters. The fraction of sp³-hybridized carbons (Fsp3) is 0.400. The Hall–Kier alpha value is -2.17. The van der Waals surface area contributed by atoms with Gasteiger partial charge in [0, 0.05) is 24.2 Å². The van der Waals surface area contributed by atoms with Crippen LogP contribution < -0.4 is 5.32 Å². The number of aromatic nitrogens is 3. The van der Waals surface area contributed by atoms with Gasteiger partial charge in [-0.1, -0.05) is 26.0 Å². The molecule has 1 amide bonds. The highest BCUT2D eigenvalue weighted by Gasteiger charge is 2.14. The largest absolute Gasteiger partial charge is 0.326 e. The van der Waals surface area contributed by atoms with E-state index < -0.39 is 0 Å². The molecule has 0 fully saturated rings. The van der Waals surface area contributed by atoms with Gasteiger partial charge in [0.25, 0.3) is 0 Å². The third-order valence-corrected chi connectivity index (χ3v) is 3.46. The molecular weight excluding hydrogens is 252 g/mol. The van der Waals surface area contributed by atoms with Gasteiger partial charge in [-0.25, -0.2) is 0 Å². The normalized spacial score (nSPS) is 10.8. The van der Waals surface area contributed by atoms with E-state index in [1.807, 2.05) is 49.7 Å². The fourth-order valence-corrected chi connectivity index (χ4v) is 2.18. The first kappa shape index (κ1) is 14.2. The Morgan fingerprint density at radius 1 is 1.35 bits per heavy atom. The van der Waals surface area contributed by atoms with Crippen LogP contribution in [0.15, 0.2) is 30.6 Å². The van der Waals surface area contributed by atoms with Gasteiger partial charge >= 0.3 is 0 Å². The smallest absolute Gasteiger partial charge is 0.227 e. The summed E-state index contributed by atoms with van der Waals surface area (Å²) < 4.78 is 1.85. The monoisotopic (exact) mass is 272 g/mol. The Kier molecular flexibility index (Phi) is 4.50. The van der Waals surface area contributed by atoms with Crippen LogP contribution in [0.5, 0.6) is 0 Å². The molecule has 0 radical (unpaired) electrons. The van der Waals surface area contributed by atoms with E-state index in [-0.39, 0.29) is 11.8 Å².